The number of benzene rings is 1. The summed E-state index contributed by atoms with van der Waals surface area (Å²) in [6, 6.07) is 7.73. The number of hydrogen-bond donors (Lipinski definition) is 1. The number of hydrogen-bond acceptors (Lipinski definition) is 2. The van der Waals surface area contributed by atoms with Gasteiger partial charge in [-0.05, 0) is 31.4 Å². The quantitative estimate of drug-likeness (QED) is 0.881. The molecule has 0 spiro atoms. The number of halogens is 1. The van der Waals surface area contributed by atoms with Crippen molar-refractivity contribution in [2.45, 2.75) is 57.4 Å². The first-order valence-electron chi connectivity index (χ1n) is 7.57. The molecule has 4 heteroatoms. The minimum Gasteiger partial charge on any atom is -0.334 e. The smallest absolute Gasteiger partial charge is 0.254 e. The molecule has 1 N–H and O–H groups in total. The number of nitrogens with one attached hydrogen (secondary N) is 1. The number of rotatable bonds is 2. The van der Waals surface area contributed by atoms with E-state index in [1.54, 1.807) is 6.07 Å². The summed E-state index contributed by atoms with van der Waals surface area (Å²) in [5.41, 5.74) is 0.575. The molecule has 1 aliphatic rings. The highest BCUT2D eigenvalue weighted by molar-refractivity contribution is 6.34. The SMILES string of the molecule is Cc1cccc(C(=O)NC2(C#N)CCCCCCC2)c1Cl. The Balaban J connectivity index is 2.19. The predicted octanol–water partition coefficient (Wildman–Crippen LogP) is 4.38. The van der Waals surface area contributed by atoms with Gasteiger partial charge in [0.2, 0.25) is 0 Å². The van der Waals surface area contributed by atoms with Crippen LogP contribution in [0.3, 0.4) is 0 Å². The predicted molar refractivity (Wildman–Crippen MR) is 84.3 cm³/mol. The van der Waals surface area contributed by atoms with E-state index in [0.717, 1.165) is 44.1 Å². The van der Waals surface area contributed by atoms with Crippen LogP contribution in [0.15, 0.2) is 18.2 Å². The molecule has 1 aromatic rings. The van der Waals surface area contributed by atoms with Crippen LogP contribution in [0, 0.1) is 18.3 Å². The van der Waals surface area contributed by atoms with E-state index >= 15 is 0 Å². The molecule has 0 heterocycles. The first kappa shape index (κ1) is 15.9. The lowest BCUT2D eigenvalue weighted by atomic mass is 9.85. The fraction of sp³-hybridized carbons (Fsp3) is 0.529. The summed E-state index contributed by atoms with van der Waals surface area (Å²) in [6.45, 7) is 1.87. The summed E-state index contributed by atoms with van der Waals surface area (Å²) in [6.07, 6.45) is 6.89. The molecule has 1 aliphatic carbocycles. The summed E-state index contributed by atoms with van der Waals surface area (Å²) < 4.78 is 0. The Morgan fingerprint density at radius 1 is 1.24 bits per heavy atom. The van der Waals surface area contributed by atoms with Gasteiger partial charge in [0.1, 0.15) is 5.54 Å². The number of carbonyl (C=O) groups excluding carboxylic acids is 1. The van der Waals surface area contributed by atoms with Gasteiger partial charge in [-0.25, -0.2) is 0 Å². The topological polar surface area (TPSA) is 52.9 Å². The summed E-state index contributed by atoms with van der Waals surface area (Å²) in [7, 11) is 0. The molecular formula is C17H21ClN2O. The van der Waals surface area contributed by atoms with Gasteiger partial charge in [0.05, 0.1) is 16.7 Å². The maximum atomic E-state index is 12.5. The number of nitriles is 1. The number of amides is 1. The highest BCUT2D eigenvalue weighted by Gasteiger charge is 2.32. The van der Waals surface area contributed by atoms with Crippen molar-refractivity contribution in [3.05, 3.63) is 34.3 Å². The van der Waals surface area contributed by atoms with Crippen molar-refractivity contribution < 1.29 is 4.79 Å². The minimum atomic E-state index is -0.745. The van der Waals surface area contributed by atoms with Gasteiger partial charge in [-0.2, -0.15) is 5.26 Å². The minimum absolute atomic E-state index is 0.245. The fourth-order valence-corrected chi connectivity index (χ4v) is 3.09. The molecule has 3 nitrogen and oxygen atoms in total. The van der Waals surface area contributed by atoms with E-state index in [1.165, 1.54) is 6.42 Å². The molecule has 0 radical (unpaired) electrons. The third kappa shape index (κ3) is 3.77. The van der Waals surface area contributed by atoms with E-state index in [2.05, 4.69) is 11.4 Å². The van der Waals surface area contributed by atoms with Crippen molar-refractivity contribution in [1.82, 2.24) is 5.32 Å². The number of aryl methyl sites for hydroxylation is 1. The van der Waals surface area contributed by atoms with Crippen molar-refractivity contribution in [2.75, 3.05) is 0 Å². The molecule has 0 bridgehead atoms. The average molecular weight is 305 g/mol. The van der Waals surface area contributed by atoms with Crippen LogP contribution in [-0.2, 0) is 0 Å². The molecule has 1 amide bonds. The molecule has 1 saturated carbocycles. The molecule has 1 fully saturated rings. The normalized spacial score (nSPS) is 18.1. The van der Waals surface area contributed by atoms with Crippen molar-refractivity contribution in [2.24, 2.45) is 0 Å². The lowest BCUT2D eigenvalue weighted by Gasteiger charge is -2.30. The van der Waals surface area contributed by atoms with Crippen LogP contribution >= 0.6 is 11.6 Å². The van der Waals surface area contributed by atoms with Crippen molar-refractivity contribution in [3.63, 3.8) is 0 Å². The van der Waals surface area contributed by atoms with Gasteiger partial charge >= 0.3 is 0 Å². The van der Waals surface area contributed by atoms with E-state index in [4.69, 9.17) is 11.6 Å². The maximum Gasteiger partial charge on any atom is 0.254 e. The third-order valence-corrected chi connectivity index (χ3v) is 4.71. The molecule has 1 aromatic carbocycles. The lowest BCUT2D eigenvalue weighted by Crippen LogP contribution is -2.47. The van der Waals surface area contributed by atoms with Crippen molar-refractivity contribution >= 4 is 17.5 Å². The lowest BCUT2D eigenvalue weighted by molar-refractivity contribution is 0.0907. The molecule has 0 atom stereocenters. The number of nitrogens with zero attached hydrogens (tertiary/aromatic N) is 1. The van der Waals surface area contributed by atoms with E-state index in [1.807, 2.05) is 19.1 Å². The number of carbonyl (C=O) groups is 1. The fourth-order valence-electron chi connectivity index (χ4n) is 2.88. The van der Waals surface area contributed by atoms with Crippen LogP contribution in [0.1, 0.15) is 60.9 Å². The first-order chi connectivity index (χ1) is 10.1. The Labute approximate surface area is 131 Å². The summed E-state index contributed by atoms with van der Waals surface area (Å²) in [5, 5.41) is 13.0. The van der Waals surface area contributed by atoms with Crippen molar-refractivity contribution in [1.29, 1.82) is 5.26 Å². The Hall–Kier alpha value is -1.53. The highest BCUT2D eigenvalue weighted by Crippen LogP contribution is 2.27. The summed E-state index contributed by atoms with van der Waals surface area (Å²) in [5.74, 6) is -0.245. The van der Waals surface area contributed by atoms with Crippen LogP contribution in [0.4, 0.5) is 0 Å². The van der Waals surface area contributed by atoms with Gasteiger partial charge in [-0.15, -0.1) is 0 Å². The second kappa shape index (κ2) is 6.95. The van der Waals surface area contributed by atoms with E-state index < -0.39 is 5.54 Å². The van der Waals surface area contributed by atoms with Gasteiger partial charge in [0.15, 0.2) is 0 Å². The molecule has 21 heavy (non-hydrogen) atoms. The van der Waals surface area contributed by atoms with Crippen LogP contribution in [0.25, 0.3) is 0 Å². The van der Waals surface area contributed by atoms with Gasteiger partial charge in [-0.3, -0.25) is 4.79 Å². The maximum absolute atomic E-state index is 12.5. The highest BCUT2D eigenvalue weighted by atomic mass is 35.5. The van der Waals surface area contributed by atoms with Gasteiger partial charge < -0.3 is 5.32 Å². The molecule has 0 aliphatic heterocycles. The zero-order valence-corrected chi connectivity index (χ0v) is 13.2. The largest absolute Gasteiger partial charge is 0.334 e. The first-order valence-corrected chi connectivity index (χ1v) is 7.95. The molecule has 0 aromatic heterocycles. The van der Waals surface area contributed by atoms with Crippen LogP contribution in [0.5, 0.6) is 0 Å². The Morgan fingerprint density at radius 2 is 1.86 bits per heavy atom. The van der Waals surface area contributed by atoms with E-state index in [0.29, 0.717) is 10.6 Å². The second-order valence-corrected chi connectivity index (χ2v) is 6.23. The van der Waals surface area contributed by atoms with Crippen LogP contribution in [-0.4, -0.2) is 11.4 Å². The average Bonchev–Trinajstić information content (AvgIpc) is 2.45. The molecular weight excluding hydrogens is 284 g/mol. The molecule has 2 rings (SSSR count). The Kier molecular flexibility index (Phi) is 5.25. The summed E-state index contributed by atoms with van der Waals surface area (Å²) >= 11 is 6.21. The van der Waals surface area contributed by atoms with Gasteiger partial charge in [0.25, 0.3) is 5.91 Å². The zero-order valence-electron chi connectivity index (χ0n) is 12.4. The zero-order chi connectivity index (χ0) is 15.3. The standard InChI is InChI=1S/C17H21ClN2O/c1-13-8-7-9-14(15(13)18)16(21)20-17(12-19)10-5-3-2-4-6-11-17/h7-9H,2-6,10-11H2,1H3,(H,20,21). The van der Waals surface area contributed by atoms with Crippen LogP contribution < -0.4 is 5.32 Å². The molecule has 112 valence electrons. The molecule has 0 saturated heterocycles. The van der Waals surface area contributed by atoms with Gasteiger partial charge in [-0.1, -0.05) is 55.8 Å². The summed E-state index contributed by atoms with van der Waals surface area (Å²) in [4.78, 5) is 12.5. The van der Waals surface area contributed by atoms with E-state index in [-0.39, 0.29) is 5.91 Å². The van der Waals surface area contributed by atoms with Crippen molar-refractivity contribution in [3.8, 4) is 6.07 Å². The monoisotopic (exact) mass is 304 g/mol. The second-order valence-electron chi connectivity index (χ2n) is 5.85. The van der Waals surface area contributed by atoms with E-state index in [9.17, 15) is 10.1 Å². The molecule has 0 unspecified atom stereocenters. The third-order valence-electron chi connectivity index (χ3n) is 4.21. The Morgan fingerprint density at radius 3 is 2.48 bits per heavy atom. The Bertz CT molecular complexity index is 554. The van der Waals surface area contributed by atoms with Crippen LogP contribution in [0.2, 0.25) is 5.02 Å². The van der Waals surface area contributed by atoms with Gasteiger partial charge in [0, 0.05) is 0 Å².